The average molecular weight is 273 g/mol. The van der Waals surface area contributed by atoms with Crippen molar-refractivity contribution >= 4 is 0 Å². The second kappa shape index (κ2) is 7.10. The summed E-state index contributed by atoms with van der Waals surface area (Å²) in [5.74, 6) is 0.912. The number of hydrogen-bond donors (Lipinski definition) is 2. The Morgan fingerprint density at radius 2 is 2.05 bits per heavy atom. The highest BCUT2D eigenvalue weighted by atomic mass is 16.5. The first-order valence-corrected chi connectivity index (χ1v) is 7.04. The van der Waals surface area contributed by atoms with E-state index in [2.05, 4.69) is 34.6 Å². The smallest absolute Gasteiger partial charge is 0.118 e. The Morgan fingerprint density at radius 1 is 1.30 bits per heavy atom. The molecule has 20 heavy (non-hydrogen) atoms. The minimum atomic E-state index is 0.478. The summed E-state index contributed by atoms with van der Waals surface area (Å²) in [4.78, 5) is 0. The molecule has 0 aliphatic heterocycles. The fraction of sp³-hybridized carbons (Fsp3) is 0.438. The molecule has 2 rings (SSSR count). The van der Waals surface area contributed by atoms with Gasteiger partial charge in [-0.2, -0.15) is 5.10 Å². The van der Waals surface area contributed by atoms with Crippen LogP contribution in [0.25, 0.3) is 0 Å². The first kappa shape index (κ1) is 14.6. The lowest BCUT2D eigenvalue weighted by molar-refractivity contribution is 0.414. The third-order valence-electron chi connectivity index (χ3n) is 3.60. The molecular formula is C16H23N3O. The van der Waals surface area contributed by atoms with Gasteiger partial charge in [-0.25, -0.2) is 0 Å². The Hall–Kier alpha value is -1.81. The van der Waals surface area contributed by atoms with Crippen molar-refractivity contribution in [3.8, 4) is 5.75 Å². The molecule has 0 bridgehead atoms. The number of hydrogen-bond acceptors (Lipinski definition) is 3. The third-order valence-corrected chi connectivity index (χ3v) is 3.60. The molecule has 4 nitrogen and oxygen atoms in total. The van der Waals surface area contributed by atoms with E-state index in [9.17, 15) is 0 Å². The molecule has 1 aromatic carbocycles. The fourth-order valence-electron chi connectivity index (χ4n) is 2.12. The summed E-state index contributed by atoms with van der Waals surface area (Å²) in [5.41, 5.74) is 3.72. The zero-order valence-electron chi connectivity index (χ0n) is 12.4. The highest BCUT2D eigenvalue weighted by Gasteiger charge is 2.05. The largest absolute Gasteiger partial charge is 0.497 e. The molecule has 1 aromatic heterocycles. The third kappa shape index (κ3) is 4.10. The maximum Gasteiger partial charge on any atom is 0.118 e. The van der Waals surface area contributed by atoms with Gasteiger partial charge in [-0.15, -0.1) is 0 Å². The van der Waals surface area contributed by atoms with E-state index in [1.54, 1.807) is 7.11 Å². The molecule has 108 valence electrons. The quantitative estimate of drug-likeness (QED) is 0.815. The first-order chi connectivity index (χ1) is 9.69. The molecule has 1 unspecified atom stereocenters. The number of nitrogens with one attached hydrogen (secondary N) is 2. The number of nitrogens with zero attached hydrogens (tertiary/aromatic N) is 1. The van der Waals surface area contributed by atoms with E-state index in [-0.39, 0.29) is 0 Å². The van der Waals surface area contributed by atoms with Crippen molar-refractivity contribution in [2.24, 2.45) is 0 Å². The Labute approximate surface area is 120 Å². The maximum atomic E-state index is 5.16. The van der Waals surface area contributed by atoms with Crippen LogP contribution in [0.1, 0.15) is 30.2 Å². The number of aryl methyl sites for hydroxylation is 2. The molecule has 1 atom stereocenters. The summed E-state index contributed by atoms with van der Waals surface area (Å²) < 4.78 is 5.16. The van der Waals surface area contributed by atoms with Crippen LogP contribution in [0.3, 0.4) is 0 Å². The van der Waals surface area contributed by atoms with Crippen LogP contribution in [-0.2, 0) is 13.0 Å². The highest BCUT2D eigenvalue weighted by molar-refractivity contribution is 5.27. The molecule has 4 heteroatoms. The van der Waals surface area contributed by atoms with Gasteiger partial charge in [0.15, 0.2) is 0 Å². The molecule has 0 aliphatic rings. The minimum Gasteiger partial charge on any atom is -0.497 e. The summed E-state index contributed by atoms with van der Waals surface area (Å²) in [6, 6.07) is 8.77. The van der Waals surface area contributed by atoms with Gasteiger partial charge in [0.2, 0.25) is 0 Å². The zero-order valence-corrected chi connectivity index (χ0v) is 12.4. The lowest BCUT2D eigenvalue weighted by Crippen LogP contribution is -2.26. The molecule has 0 fully saturated rings. The van der Waals surface area contributed by atoms with Gasteiger partial charge in [0.1, 0.15) is 5.75 Å². The van der Waals surface area contributed by atoms with Crippen LogP contribution in [0, 0.1) is 6.92 Å². The molecule has 1 heterocycles. The van der Waals surface area contributed by atoms with Gasteiger partial charge >= 0.3 is 0 Å². The predicted molar refractivity (Wildman–Crippen MR) is 80.9 cm³/mol. The molecule has 2 aromatic rings. The van der Waals surface area contributed by atoms with E-state index in [4.69, 9.17) is 4.74 Å². The molecule has 0 saturated carbocycles. The van der Waals surface area contributed by atoms with Gasteiger partial charge in [-0.3, -0.25) is 5.10 Å². The summed E-state index contributed by atoms with van der Waals surface area (Å²) in [5, 5.41) is 10.5. The monoisotopic (exact) mass is 273 g/mol. The first-order valence-electron chi connectivity index (χ1n) is 7.04. The van der Waals surface area contributed by atoms with Crippen LogP contribution < -0.4 is 10.1 Å². The fourth-order valence-corrected chi connectivity index (χ4v) is 2.12. The van der Waals surface area contributed by atoms with E-state index in [1.807, 2.05) is 25.3 Å². The van der Waals surface area contributed by atoms with E-state index in [0.717, 1.165) is 30.8 Å². The lowest BCUT2D eigenvalue weighted by atomic mass is 10.1. The summed E-state index contributed by atoms with van der Waals surface area (Å²) >= 11 is 0. The molecular weight excluding hydrogens is 250 g/mol. The number of ether oxygens (including phenoxy) is 1. The second-order valence-corrected chi connectivity index (χ2v) is 5.19. The van der Waals surface area contributed by atoms with E-state index < -0.39 is 0 Å². The second-order valence-electron chi connectivity index (χ2n) is 5.19. The average Bonchev–Trinajstić information content (AvgIpc) is 2.89. The molecule has 0 radical (unpaired) electrons. The Balaban J connectivity index is 1.74. The lowest BCUT2D eigenvalue weighted by Gasteiger charge is -2.13. The van der Waals surface area contributed by atoms with Gasteiger partial charge in [-0.05, 0) is 44.4 Å². The number of aromatic amines is 1. The van der Waals surface area contributed by atoms with Crippen LogP contribution in [-0.4, -0.2) is 23.3 Å². The van der Waals surface area contributed by atoms with Crippen molar-refractivity contribution in [3.05, 3.63) is 47.3 Å². The van der Waals surface area contributed by atoms with Crippen LogP contribution >= 0.6 is 0 Å². The van der Waals surface area contributed by atoms with E-state index >= 15 is 0 Å². The number of aromatic nitrogens is 2. The van der Waals surface area contributed by atoms with Crippen molar-refractivity contribution in [3.63, 3.8) is 0 Å². The number of benzene rings is 1. The van der Waals surface area contributed by atoms with Crippen molar-refractivity contribution in [2.45, 2.75) is 39.3 Å². The van der Waals surface area contributed by atoms with Gasteiger partial charge < -0.3 is 10.1 Å². The molecule has 0 amide bonds. The number of methoxy groups -OCH3 is 1. The van der Waals surface area contributed by atoms with Crippen molar-refractivity contribution < 1.29 is 4.74 Å². The van der Waals surface area contributed by atoms with E-state index in [0.29, 0.717) is 6.04 Å². The molecule has 2 N–H and O–H groups in total. The Bertz CT molecular complexity index is 519. The normalized spacial score (nSPS) is 12.3. The van der Waals surface area contributed by atoms with Crippen molar-refractivity contribution in [2.75, 3.05) is 7.11 Å². The summed E-state index contributed by atoms with van der Waals surface area (Å²) in [7, 11) is 1.69. The van der Waals surface area contributed by atoms with Gasteiger partial charge in [-0.1, -0.05) is 12.1 Å². The van der Waals surface area contributed by atoms with E-state index in [1.165, 1.54) is 11.1 Å². The number of rotatable bonds is 7. The summed E-state index contributed by atoms with van der Waals surface area (Å²) in [6.07, 6.45) is 4.07. The van der Waals surface area contributed by atoms with Gasteiger partial charge in [0, 0.05) is 23.8 Å². The van der Waals surface area contributed by atoms with Gasteiger partial charge in [0.05, 0.1) is 13.3 Å². The molecule has 0 saturated heterocycles. The Kier molecular flexibility index (Phi) is 5.18. The summed E-state index contributed by atoms with van der Waals surface area (Å²) in [6.45, 7) is 5.14. The number of H-pyrrole nitrogens is 1. The predicted octanol–water partition coefficient (Wildman–Crippen LogP) is 2.84. The zero-order chi connectivity index (χ0) is 14.4. The SMILES string of the molecule is COc1ccc(CCC(C)NCc2cn[nH]c2C)cc1. The van der Waals surface area contributed by atoms with Gasteiger partial charge in [0.25, 0.3) is 0 Å². The Morgan fingerprint density at radius 3 is 2.65 bits per heavy atom. The molecule has 0 spiro atoms. The van der Waals surface area contributed by atoms with Crippen LogP contribution in [0.4, 0.5) is 0 Å². The highest BCUT2D eigenvalue weighted by Crippen LogP contribution is 2.13. The van der Waals surface area contributed by atoms with Crippen molar-refractivity contribution in [1.82, 2.24) is 15.5 Å². The molecule has 0 aliphatic carbocycles. The maximum absolute atomic E-state index is 5.16. The van der Waals surface area contributed by atoms with Crippen LogP contribution in [0.15, 0.2) is 30.5 Å². The van der Waals surface area contributed by atoms with Crippen LogP contribution in [0.2, 0.25) is 0 Å². The standard InChI is InChI=1S/C16H23N3O/c1-12(17-10-15-11-18-19-13(15)2)4-5-14-6-8-16(20-3)9-7-14/h6-9,11-12,17H,4-5,10H2,1-3H3,(H,18,19). The topological polar surface area (TPSA) is 49.9 Å². The minimum absolute atomic E-state index is 0.478. The van der Waals surface area contributed by atoms with Crippen molar-refractivity contribution in [1.29, 1.82) is 0 Å². The van der Waals surface area contributed by atoms with Crippen LogP contribution in [0.5, 0.6) is 5.75 Å².